The lowest BCUT2D eigenvalue weighted by molar-refractivity contribution is -0.153. The van der Waals surface area contributed by atoms with Crippen LogP contribution < -0.4 is 11.4 Å². The smallest absolute Gasteiger partial charge is 0.352 e. The summed E-state index contributed by atoms with van der Waals surface area (Å²) >= 11 is 0. The van der Waals surface area contributed by atoms with Gasteiger partial charge in [-0.25, -0.2) is 4.79 Å². The molecule has 0 saturated carbocycles. The molecule has 10 nitrogen and oxygen atoms in total. The van der Waals surface area contributed by atoms with Gasteiger partial charge in [0.05, 0.1) is 0 Å². The second kappa shape index (κ2) is 8.94. The molecule has 0 aromatic carbocycles. The average molecular weight is 380 g/mol. The minimum Gasteiger partial charge on any atom is -0.463 e. The van der Waals surface area contributed by atoms with Crippen molar-refractivity contribution in [3.8, 4) is 6.07 Å². The number of carbonyl (C=O) groups is 1. The lowest BCUT2D eigenvalue weighted by Gasteiger charge is -2.26. The van der Waals surface area contributed by atoms with Crippen LogP contribution in [0.25, 0.3) is 0 Å². The van der Waals surface area contributed by atoms with Crippen molar-refractivity contribution in [1.82, 2.24) is 9.55 Å². The Morgan fingerprint density at radius 1 is 1.48 bits per heavy atom. The fraction of sp³-hybridized carbons (Fsp3) is 0.647. The number of anilines is 1. The molecular weight excluding hydrogens is 356 g/mol. The maximum atomic E-state index is 12.1. The first kappa shape index (κ1) is 20.8. The molecular formula is C17H24N4O6. The van der Waals surface area contributed by atoms with Crippen molar-refractivity contribution >= 4 is 11.8 Å². The minimum atomic E-state index is -2.20. The van der Waals surface area contributed by atoms with Crippen LogP contribution in [0.1, 0.15) is 39.0 Å². The van der Waals surface area contributed by atoms with E-state index in [1.807, 2.05) is 0 Å². The van der Waals surface area contributed by atoms with E-state index in [2.05, 4.69) is 11.9 Å². The van der Waals surface area contributed by atoms with Gasteiger partial charge in [0.1, 0.15) is 36.8 Å². The third-order valence-corrected chi connectivity index (χ3v) is 4.42. The van der Waals surface area contributed by atoms with Crippen LogP contribution in [0.4, 0.5) is 5.82 Å². The molecule has 1 aromatic rings. The SMILES string of the molecule is CCCCCCC(=O)OCC1OC(C#N)(n2ccc(N)nc2=O)C(O)C1O. The Morgan fingerprint density at radius 2 is 2.22 bits per heavy atom. The van der Waals surface area contributed by atoms with Crippen LogP contribution in [0.15, 0.2) is 17.1 Å². The first-order valence-electron chi connectivity index (χ1n) is 8.82. The Labute approximate surface area is 156 Å². The molecule has 4 N–H and O–H groups in total. The molecule has 0 bridgehead atoms. The summed E-state index contributed by atoms with van der Waals surface area (Å²) in [5, 5.41) is 30.1. The van der Waals surface area contributed by atoms with Gasteiger partial charge >= 0.3 is 11.7 Å². The van der Waals surface area contributed by atoms with Gasteiger partial charge in [0.15, 0.2) is 0 Å². The second-order valence-electron chi connectivity index (χ2n) is 6.40. The first-order valence-corrected chi connectivity index (χ1v) is 8.82. The summed E-state index contributed by atoms with van der Waals surface area (Å²) in [4.78, 5) is 27.3. The van der Waals surface area contributed by atoms with Crippen LogP contribution in [0.3, 0.4) is 0 Å². The number of carbonyl (C=O) groups excluding carboxylic acids is 1. The molecule has 0 spiro atoms. The first-order chi connectivity index (χ1) is 12.9. The number of hydrogen-bond acceptors (Lipinski definition) is 9. The van der Waals surface area contributed by atoms with Crippen LogP contribution in [-0.4, -0.2) is 50.7 Å². The van der Waals surface area contributed by atoms with Gasteiger partial charge in [-0.1, -0.05) is 26.2 Å². The van der Waals surface area contributed by atoms with E-state index < -0.39 is 35.7 Å². The lowest BCUT2D eigenvalue weighted by Crippen LogP contribution is -2.49. The quantitative estimate of drug-likeness (QED) is 0.404. The number of aromatic nitrogens is 2. The van der Waals surface area contributed by atoms with Crippen LogP contribution in [0.2, 0.25) is 0 Å². The molecule has 4 unspecified atom stereocenters. The molecule has 0 radical (unpaired) electrons. The van der Waals surface area contributed by atoms with E-state index in [0.29, 0.717) is 6.42 Å². The molecule has 148 valence electrons. The Balaban J connectivity index is 2.06. The van der Waals surface area contributed by atoms with E-state index in [-0.39, 0.29) is 18.8 Å². The molecule has 1 aliphatic rings. The van der Waals surface area contributed by atoms with Gasteiger partial charge in [-0.15, -0.1) is 0 Å². The Bertz CT molecular complexity index is 761. The van der Waals surface area contributed by atoms with Crippen LogP contribution in [0, 0.1) is 11.3 Å². The summed E-state index contributed by atoms with van der Waals surface area (Å²) < 4.78 is 11.3. The average Bonchev–Trinajstić information content (AvgIpc) is 2.89. The Hall–Kier alpha value is -2.48. The standard InChI is InChI=1S/C17H24N4O6/c1-2-3-4-5-6-13(22)26-9-11-14(23)15(24)17(10-18,27-11)21-8-7-12(19)20-16(21)25/h7-8,11,14-15,23-24H,2-6,9H2,1H3,(H2,19,20,25). The van der Waals surface area contributed by atoms with E-state index in [1.54, 1.807) is 6.07 Å². The predicted octanol–water partition coefficient (Wildman–Crippen LogP) is -0.364. The largest absolute Gasteiger partial charge is 0.463 e. The van der Waals surface area contributed by atoms with Crippen molar-refractivity contribution in [2.75, 3.05) is 12.3 Å². The molecule has 4 atom stereocenters. The summed E-state index contributed by atoms with van der Waals surface area (Å²) in [5.74, 6) is -0.525. The number of esters is 1. The third-order valence-electron chi connectivity index (χ3n) is 4.42. The number of nitriles is 1. The zero-order valence-electron chi connectivity index (χ0n) is 15.1. The number of aliphatic hydroxyl groups is 2. The van der Waals surface area contributed by atoms with Crippen LogP contribution in [-0.2, 0) is 20.0 Å². The van der Waals surface area contributed by atoms with Gasteiger partial charge in [0, 0.05) is 12.6 Å². The third kappa shape index (κ3) is 4.44. The number of nitrogens with zero attached hydrogens (tertiary/aromatic N) is 3. The normalized spacial score (nSPS) is 27.3. The molecule has 10 heteroatoms. The van der Waals surface area contributed by atoms with Crippen molar-refractivity contribution in [1.29, 1.82) is 5.26 Å². The molecule has 27 heavy (non-hydrogen) atoms. The number of ether oxygens (including phenoxy) is 2. The number of nitrogens with two attached hydrogens (primary N) is 1. The Morgan fingerprint density at radius 3 is 2.85 bits per heavy atom. The van der Waals surface area contributed by atoms with Crippen molar-refractivity contribution in [3.05, 3.63) is 22.7 Å². The summed E-state index contributed by atoms with van der Waals surface area (Å²) in [6.07, 6.45) is 0.589. The monoisotopic (exact) mass is 380 g/mol. The maximum Gasteiger partial charge on any atom is 0.352 e. The zero-order chi connectivity index (χ0) is 20.0. The number of unbranched alkanes of at least 4 members (excludes halogenated alkanes) is 3. The minimum absolute atomic E-state index is 0.0640. The van der Waals surface area contributed by atoms with Gasteiger partial charge < -0.3 is 25.4 Å². The summed E-state index contributed by atoms with van der Waals surface area (Å²) in [6.45, 7) is 1.71. The molecule has 0 amide bonds. The maximum absolute atomic E-state index is 12.1. The van der Waals surface area contributed by atoms with Gasteiger partial charge in [-0.2, -0.15) is 10.2 Å². The van der Waals surface area contributed by atoms with Gasteiger partial charge in [-0.05, 0) is 12.5 Å². The molecule has 2 rings (SSSR count). The summed E-state index contributed by atoms with van der Waals surface area (Å²) in [5.41, 5.74) is 2.30. The van der Waals surface area contributed by atoms with Gasteiger partial charge in [0.2, 0.25) is 0 Å². The van der Waals surface area contributed by atoms with Crippen LogP contribution in [0.5, 0.6) is 0 Å². The molecule has 1 aliphatic heterocycles. The van der Waals surface area contributed by atoms with Crippen LogP contribution >= 0.6 is 0 Å². The van der Waals surface area contributed by atoms with E-state index in [4.69, 9.17) is 15.2 Å². The predicted molar refractivity (Wildman–Crippen MR) is 93.1 cm³/mol. The summed E-state index contributed by atoms with van der Waals surface area (Å²) in [6, 6.07) is 2.97. The fourth-order valence-electron chi connectivity index (χ4n) is 2.90. The molecule has 1 fully saturated rings. The van der Waals surface area contributed by atoms with Crippen molar-refractivity contribution in [2.24, 2.45) is 0 Å². The van der Waals surface area contributed by atoms with Gasteiger partial charge in [-0.3, -0.25) is 9.36 Å². The molecule has 1 aromatic heterocycles. The zero-order valence-corrected chi connectivity index (χ0v) is 15.1. The topological polar surface area (TPSA) is 161 Å². The van der Waals surface area contributed by atoms with E-state index in [1.165, 1.54) is 6.07 Å². The second-order valence-corrected chi connectivity index (χ2v) is 6.40. The van der Waals surface area contributed by atoms with E-state index in [9.17, 15) is 25.1 Å². The highest BCUT2D eigenvalue weighted by Gasteiger charge is 2.57. The number of rotatable bonds is 8. The van der Waals surface area contributed by atoms with Crippen molar-refractivity contribution < 1.29 is 24.5 Å². The highest BCUT2D eigenvalue weighted by Crippen LogP contribution is 2.34. The summed E-state index contributed by atoms with van der Waals surface area (Å²) in [7, 11) is 0. The highest BCUT2D eigenvalue weighted by atomic mass is 16.6. The highest BCUT2D eigenvalue weighted by molar-refractivity contribution is 5.69. The van der Waals surface area contributed by atoms with Crippen molar-refractivity contribution in [2.45, 2.75) is 63.1 Å². The number of hydrogen-bond donors (Lipinski definition) is 3. The van der Waals surface area contributed by atoms with Crippen molar-refractivity contribution in [3.63, 3.8) is 0 Å². The molecule has 0 aliphatic carbocycles. The van der Waals surface area contributed by atoms with E-state index >= 15 is 0 Å². The lowest BCUT2D eigenvalue weighted by atomic mass is 10.0. The Kier molecular flexibility index (Phi) is 6.90. The molecule has 2 heterocycles. The fourth-order valence-corrected chi connectivity index (χ4v) is 2.90. The number of aliphatic hydroxyl groups excluding tert-OH is 2. The molecule has 1 saturated heterocycles. The number of nitrogen functional groups attached to an aromatic ring is 1. The van der Waals surface area contributed by atoms with E-state index in [0.717, 1.165) is 30.0 Å². The van der Waals surface area contributed by atoms with Gasteiger partial charge in [0.25, 0.3) is 5.72 Å².